The predicted octanol–water partition coefficient (Wildman–Crippen LogP) is 2.17. The molecule has 0 aromatic heterocycles. The Hall–Kier alpha value is -1.26. The molecule has 0 aliphatic heterocycles. The average molecular weight is 266 g/mol. The van der Waals surface area contributed by atoms with E-state index in [0.29, 0.717) is 5.75 Å². The van der Waals surface area contributed by atoms with E-state index in [-0.39, 0.29) is 0 Å². The van der Waals surface area contributed by atoms with Crippen LogP contribution >= 0.6 is 0 Å². The fraction of sp³-hybridized carbons (Fsp3) is 0.600. The molecule has 0 spiro atoms. The van der Waals surface area contributed by atoms with E-state index in [9.17, 15) is 5.11 Å². The molecule has 0 unspecified atom stereocenters. The highest BCUT2D eigenvalue weighted by molar-refractivity contribution is 5.39. The van der Waals surface area contributed by atoms with Crippen molar-refractivity contribution >= 4 is 0 Å². The number of methoxy groups -OCH3 is 1. The van der Waals surface area contributed by atoms with Crippen molar-refractivity contribution in [3.63, 3.8) is 0 Å². The molecule has 0 saturated heterocycles. The van der Waals surface area contributed by atoms with Gasteiger partial charge >= 0.3 is 0 Å². The van der Waals surface area contributed by atoms with Crippen LogP contribution in [0.4, 0.5) is 0 Å². The molecule has 0 atom stereocenters. The second-order valence-corrected chi connectivity index (χ2v) is 5.07. The Morgan fingerprint density at radius 3 is 2.47 bits per heavy atom. The standard InChI is InChI=1S/C15H26N2O2/c1-5-8-17(10-9-16(2)3)12-13-11-14(19-4)6-7-15(13)18/h6-7,11,18H,5,8-10,12H2,1-4H3. The van der Waals surface area contributed by atoms with Crippen LogP contribution in [0, 0.1) is 0 Å². The van der Waals surface area contributed by atoms with Crippen LogP contribution in [-0.4, -0.2) is 55.7 Å². The third-order valence-corrected chi connectivity index (χ3v) is 3.08. The summed E-state index contributed by atoms with van der Waals surface area (Å²) in [5.74, 6) is 1.13. The van der Waals surface area contributed by atoms with Crippen LogP contribution < -0.4 is 4.74 Å². The predicted molar refractivity (Wildman–Crippen MR) is 78.8 cm³/mol. The molecule has 0 fully saturated rings. The lowest BCUT2D eigenvalue weighted by molar-refractivity contribution is 0.231. The summed E-state index contributed by atoms with van der Waals surface area (Å²) >= 11 is 0. The van der Waals surface area contributed by atoms with E-state index in [0.717, 1.165) is 43.9 Å². The van der Waals surface area contributed by atoms with Crippen molar-refractivity contribution in [3.8, 4) is 11.5 Å². The number of hydrogen-bond acceptors (Lipinski definition) is 4. The molecule has 0 bridgehead atoms. The molecule has 19 heavy (non-hydrogen) atoms. The summed E-state index contributed by atoms with van der Waals surface area (Å²) in [6, 6.07) is 5.39. The first kappa shape index (κ1) is 15.8. The molecule has 0 aliphatic rings. The summed E-state index contributed by atoms with van der Waals surface area (Å²) in [7, 11) is 5.80. The summed E-state index contributed by atoms with van der Waals surface area (Å²) in [6.07, 6.45) is 1.11. The van der Waals surface area contributed by atoms with E-state index in [1.807, 2.05) is 6.07 Å². The molecule has 1 rings (SSSR count). The number of benzene rings is 1. The smallest absolute Gasteiger partial charge is 0.120 e. The molecule has 108 valence electrons. The number of aromatic hydroxyl groups is 1. The Kier molecular flexibility index (Phi) is 6.67. The molecule has 0 heterocycles. The zero-order valence-corrected chi connectivity index (χ0v) is 12.5. The molecule has 1 aromatic rings. The number of phenols is 1. The van der Waals surface area contributed by atoms with Crippen LogP contribution in [0.5, 0.6) is 11.5 Å². The first-order chi connectivity index (χ1) is 9.06. The molecule has 1 aromatic carbocycles. The van der Waals surface area contributed by atoms with Gasteiger partial charge < -0.3 is 14.7 Å². The maximum atomic E-state index is 9.93. The van der Waals surface area contributed by atoms with E-state index in [4.69, 9.17) is 4.74 Å². The first-order valence-corrected chi connectivity index (χ1v) is 6.79. The van der Waals surface area contributed by atoms with Gasteiger partial charge in [-0.3, -0.25) is 4.90 Å². The summed E-state index contributed by atoms with van der Waals surface area (Å²) < 4.78 is 5.21. The van der Waals surface area contributed by atoms with Crippen molar-refractivity contribution in [1.29, 1.82) is 0 Å². The molecular formula is C15H26N2O2. The maximum Gasteiger partial charge on any atom is 0.120 e. The van der Waals surface area contributed by atoms with E-state index < -0.39 is 0 Å². The quantitative estimate of drug-likeness (QED) is 0.782. The molecule has 0 saturated carbocycles. The highest BCUT2D eigenvalue weighted by Crippen LogP contribution is 2.24. The number of ether oxygens (including phenoxy) is 1. The zero-order chi connectivity index (χ0) is 14.3. The lowest BCUT2D eigenvalue weighted by Crippen LogP contribution is -2.32. The average Bonchev–Trinajstić information content (AvgIpc) is 2.38. The van der Waals surface area contributed by atoms with Gasteiger partial charge in [0.25, 0.3) is 0 Å². The van der Waals surface area contributed by atoms with Crippen LogP contribution in [0.1, 0.15) is 18.9 Å². The van der Waals surface area contributed by atoms with Crippen LogP contribution in [0.25, 0.3) is 0 Å². The number of rotatable bonds is 8. The van der Waals surface area contributed by atoms with Crippen molar-refractivity contribution in [2.75, 3.05) is 40.8 Å². The SMILES string of the molecule is CCCN(CCN(C)C)Cc1cc(OC)ccc1O. The van der Waals surface area contributed by atoms with Gasteiger partial charge in [0.1, 0.15) is 11.5 Å². The Labute approximate surface area is 116 Å². The van der Waals surface area contributed by atoms with Gasteiger partial charge in [-0.1, -0.05) is 6.92 Å². The molecule has 0 amide bonds. The van der Waals surface area contributed by atoms with Crippen molar-refractivity contribution < 1.29 is 9.84 Å². The topological polar surface area (TPSA) is 35.9 Å². The second kappa shape index (κ2) is 8.02. The Morgan fingerprint density at radius 2 is 1.89 bits per heavy atom. The fourth-order valence-electron chi connectivity index (χ4n) is 1.98. The number of likely N-dealkylation sites (N-methyl/N-ethyl adjacent to an activating group) is 1. The fourth-order valence-corrected chi connectivity index (χ4v) is 1.98. The number of phenolic OH excluding ortho intramolecular Hbond substituents is 1. The van der Waals surface area contributed by atoms with Crippen molar-refractivity contribution in [2.45, 2.75) is 19.9 Å². The Balaban J connectivity index is 2.71. The number of nitrogens with zero attached hydrogens (tertiary/aromatic N) is 2. The minimum Gasteiger partial charge on any atom is -0.508 e. The summed E-state index contributed by atoms with van der Waals surface area (Å²) in [6.45, 7) is 5.98. The largest absolute Gasteiger partial charge is 0.508 e. The van der Waals surface area contributed by atoms with E-state index in [2.05, 4.69) is 30.8 Å². The monoisotopic (exact) mass is 266 g/mol. The lowest BCUT2D eigenvalue weighted by Gasteiger charge is -2.24. The summed E-state index contributed by atoms with van der Waals surface area (Å²) in [4.78, 5) is 4.53. The van der Waals surface area contributed by atoms with Crippen molar-refractivity contribution in [1.82, 2.24) is 9.80 Å². The van der Waals surface area contributed by atoms with Gasteiger partial charge in [-0.05, 0) is 45.3 Å². The highest BCUT2D eigenvalue weighted by Gasteiger charge is 2.10. The second-order valence-electron chi connectivity index (χ2n) is 5.07. The molecule has 4 nitrogen and oxygen atoms in total. The van der Waals surface area contributed by atoms with Gasteiger partial charge in [0.15, 0.2) is 0 Å². The van der Waals surface area contributed by atoms with Gasteiger partial charge in [0, 0.05) is 25.2 Å². The maximum absolute atomic E-state index is 9.93. The molecule has 4 heteroatoms. The minimum absolute atomic E-state index is 0.340. The lowest BCUT2D eigenvalue weighted by atomic mass is 10.1. The Bertz CT molecular complexity index is 380. The van der Waals surface area contributed by atoms with Crippen LogP contribution in [-0.2, 0) is 6.54 Å². The minimum atomic E-state index is 0.340. The zero-order valence-electron chi connectivity index (χ0n) is 12.5. The highest BCUT2D eigenvalue weighted by atomic mass is 16.5. The van der Waals surface area contributed by atoms with Crippen LogP contribution in [0.15, 0.2) is 18.2 Å². The summed E-state index contributed by atoms with van der Waals surface area (Å²) in [5, 5.41) is 9.93. The normalized spacial score (nSPS) is 11.3. The van der Waals surface area contributed by atoms with Gasteiger partial charge in [-0.2, -0.15) is 0 Å². The van der Waals surface area contributed by atoms with Crippen LogP contribution in [0.3, 0.4) is 0 Å². The van der Waals surface area contributed by atoms with Crippen molar-refractivity contribution in [3.05, 3.63) is 23.8 Å². The van der Waals surface area contributed by atoms with E-state index >= 15 is 0 Å². The molecule has 0 radical (unpaired) electrons. The molecular weight excluding hydrogens is 240 g/mol. The van der Waals surface area contributed by atoms with Gasteiger partial charge in [-0.15, -0.1) is 0 Å². The van der Waals surface area contributed by atoms with E-state index in [1.54, 1.807) is 19.2 Å². The third kappa shape index (κ3) is 5.49. The van der Waals surface area contributed by atoms with Gasteiger partial charge in [0.2, 0.25) is 0 Å². The Morgan fingerprint density at radius 1 is 1.16 bits per heavy atom. The van der Waals surface area contributed by atoms with Crippen LogP contribution in [0.2, 0.25) is 0 Å². The first-order valence-electron chi connectivity index (χ1n) is 6.79. The van der Waals surface area contributed by atoms with Gasteiger partial charge in [0.05, 0.1) is 7.11 Å². The number of hydrogen-bond donors (Lipinski definition) is 1. The molecule has 1 N–H and O–H groups in total. The third-order valence-electron chi connectivity index (χ3n) is 3.08. The van der Waals surface area contributed by atoms with Crippen molar-refractivity contribution in [2.24, 2.45) is 0 Å². The van der Waals surface area contributed by atoms with Gasteiger partial charge in [-0.25, -0.2) is 0 Å². The van der Waals surface area contributed by atoms with E-state index in [1.165, 1.54) is 0 Å². The summed E-state index contributed by atoms with van der Waals surface area (Å²) in [5.41, 5.74) is 0.923. The molecule has 0 aliphatic carbocycles.